The molecule has 3 N–H and O–H groups in total. The number of fused-ring (bicyclic) bond motifs is 2. The lowest BCUT2D eigenvalue weighted by molar-refractivity contribution is 0.174. The van der Waals surface area contributed by atoms with Crippen molar-refractivity contribution in [3.05, 3.63) is 42.5 Å². The van der Waals surface area contributed by atoms with E-state index in [2.05, 4.69) is 20.6 Å². The van der Waals surface area contributed by atoms with E-state index in [0.29, 0.717) is 24.1 Å². The quantitative estimate of drug-likeness (QED) is 0.644. The van der Waals surface area contributed by atoms with Gasteiger partial charge >= 0.3 is 0 Å². The number of anilines is 3. The van der Waals surface area contributed by atoms with E-state index in [9.17, 15) is 0 Å². The summed E-state index contributed by atoms with van der Waals surface area (Å²) < 4.78 is 10.7. The Morgan fingerprint density at radius 1 is 1.04 bits per heavy atom. The maximum atomic E-state index is 9.05. The van der Waals surface area contributed by atoms with Crippen molar-refractivity contribution in [2.45, 2.75) is 0 Å². The summed E-state index contributed by atoms with van der Waals surface area (Å²) in [6.07, 6.45) is 0. The van der Waals surface area contributed by atoms with Crippen molar-refractivity contribution in [3.8, 4) is 11.5 Å². The minimum absolute atomic E-state index is 0. The second-order valence-corrected chi connectivity index (χ2v) is 5.26. The van der Waals surface area contributed by atoms with Crippen LogP contribution in [0.15, 0.2) is 42.5 Å². The number of hydrogen-bond donors (Lipinski definition) is 3. The summed E-state index contributed by atoms with van der Waals surface area (Å²) >= 11 is 0. The van der Waals surface area contributed by atoms with Gasteiger partial charge in [0.15, 0.2) is 11.5 Å². The third-order valence-corrected chi connectivity index (χ3v) is 3.64. The lowest BCUT2D eigenvalue weighted by Crippen LogP contribution is -2.09. The number of aliphatic hydroxyl groups is 1. The molecule has 0 saturated carbocycles. The fourth-order valence-electron chi connectivity index (χ4n) is 2.54. The van der Waals surface area contributed by atoms with E-state index in [1.165, 1.54) is 0 Å². The molecule has 7 nitrogen and oxygen atoms in total. The first kappa shape index (κ1) is 17.1. The smallest absolute Gasteiger partial charge is 0.231 e. The highest BCUT2D eigenvalue weighted by atomic mass is 35.5. The largest absolute Gasteiger partial charge is 0.454 e. The topological polar surface area (TPSA) is 88.5 Å². The maximum Gasteiger partial charge on any atom is 0.231 e. The number of hydrogen-bond acceptors (Lipinski definition) is 7. The Balaban J connectivity index is 0.00000182. The number of nitrogens with one attached hydrogen (secondary N) is 2. The van der Waals surface area contributed by atoms with Crippen LogP contribution in [-0.4, -0.2) is 35.0 Å². The Bertz CT molecular complexity index is 891. The Morgan fingerprint density at radius 3 is 2.76 bits per heavy atom. The molecule has 2 heterocycles. The summed E-state index contributed by atoms with van der Waals surface area (Å²) in [5, 5.41) is 16.3. The molecule has 0 radical (unpaired) electrons. The zero-order chi connectivity index (χ0) is 16.4. The number of rotatable bonds is 5. The lowest BCUT2D eigenvalue weighted by atomic mass is 10.2. The van der Waals surface area contributed by atoms with Crippen LogP contribution in [0.1, 0.15) is 0 Å². The Hall–Kier alpha value is -2.77. The molecule has 8 heteroatoms. The third-order valence-electron chi connectivity index (χ3n) is 3.64. The van der Waals surface area contributed by atoms with Crippen molar-refractivity contribution in [1.29, 1.82) is 0 Å². The van der Waals surface area contributed by atoms with Crippen molar-refractivity contribution in [1.82, 2.24) is 9.97 Å². The average molecular weight is 361 g/mol. The van der Waals surface area contributed by atoms with E-state index in [4.69, 9.17) is 14.6 Å². The molecule has 0 spiro atoms. The minimum Gasteiger partial charge on any atom is -0.454 e. The van der Waals surface area contributed by atoms with Gasteiger partial charge in [0.1, 0.15) is 5.82 Å². The van der Waals surface area contributed by atoms with Crippen LogP contribution in [0.2, 0.25) is 0 Å². The monoisotopic (exact) mass is 360 g/mol. The summed E-state index contributed by atoms with van der Waals surface area (Å²) in [4.78, 5) is 9.05. The molecule has 0 bridgehead atoms. The van der Waals surface area contributed by atoms with Crippen molar-refractivity contribution in [2.24, 2.45) is 0 Å². The van der Waals surface area contributed by atoms with Gasteiger partial charge < -0.3 is 25.2 Å². The highest BCUT2D eigenvalue weighted by Crippen LogP contribution is 2.35. The number of benzene rings is 2. The molecule has 1 aliphatic heterocycles. The SMILES string of the molecule is Cl.OCCNc1nc(Nc2ccc3c(c2)OCO3)nc2ccccc12. The van der Waals surface area contributed by atoms with Crippen LogP contribution < -0.4 is 20.1 Å². The molecule has 0 atom stereocenters. The average Bonchev–Trinajstić information content (AvgIpc) is 3.07. The van der Waals surface area contributed by atoms with Crippen LogP contribution in [-0.2, 0) is 0 Å². The molecule has 2 aromatic carbocycles. The first-order chi connectivity index (χ1) is 11.8. The van der Waals surface area contributed by atoms with Gasteiger partial charge in [0.25, 0.3) is 0 Å². The Labute approximate surface area is 150 Å². The number of aliphatic hydroxyl groups excluding tert-OH is 1. The summed E-state index contributed by atoms with van der Waals surface area (Å²) in [6, 6.07) is 13.3. The summed E-state index contributed by atoms with van der Waals surface area (Å²) in [7, 11) is 0. The van der Waals surface area contributed by atoms with Crippen LogP contribution in [0.4, 0.5) is 17.5 Å². The number of halogens is 1. The molecular formula is C17H17ClN4O3. The molecule has 0 saturated heterocycles. The van der Waals surface area contributed by atoms with Gasteiger partial charge in [-0.1, -0.05) is 12.1 Å². The summed E-state index contributed by atoms with van der Waals surface area (Å²) in [6.45, 7) is 0.689. The highest BCUT2D eigenvalue weighted by Gasteiger charge is 2.14. The molecule has 0 unspecified atom stereocenters. The van der Waals surface area contributed by atoms with Gasteiger partial charge in [0.2, 0.25) is 12.7 Å². The van der Waals surface area contributed by atoms with Crippen LogP contribution in [0.5, 0.6) is 11.5 Å². The zero-order valence-electron chi connectivity index (χ0n) is 13.2. The number of nitrogens with zero attached hydrogens (tertiary/aromatic N) is 2. The number of ether oxygens (including phenoxy) is 2. The van der Waals surface area contributed by atoms with Gasteiger partial charge in [-0.25, -0.2) is 4.98 Å². The van der Waals surface area contributed by atoms with Crippen molar-refractivity contribution in [3.63, 3.8) is 0 Å². The van der Waals surface area contributed by atoms with Gasteiger partial charge in [-0.2, -0.15) is 4.98 Å². The molecule has 1 aromatic heterocycles. The molecule has 4 rings (SSSR count). The summed E-state index contributed by atoms with van der Waals surface area (Å²) in [5.41, 5.74) is 1.62. The van der Waals surface area contributed by atoms with E-state index in [1.54, 1.807) is 0 Å². The maximum absolute atomic E-state index is 9.05. The second-order valence-electron chi connectivity index (χ2n) is 5.26. The van der Waals surface area contributed by atoms with E-state index in [-0.39, 0.29) is 25.8 Å². The van der Waals surface area contributed by atoms with E-state index in [1.807, 2.05) is 42.5 Å². The van der Waals surface area contributed by atoms with Crippen molar-refractivity contribution < 1.29 is 14.6 Å². The lowest BCUT2D eigenvalue weighted by Gasteiger charge is -2.11. The number of para-hydroxylation sites is 1. The Kier molecular flexibility index (Phi) is 5.06. The molecular weight excluding hydrogens is 344 g/mol. The molecule has 130 valence electrons. The third kappa shape index (κ3) is 3.52. The van der Waals surface area contributed by atoms with E-state index in [0.717, 1.165) is 22.3 Å². The van der Waals surface area contributed by atoms with Gasteiger partial charge in [-0.05, 0) is 24.3 Å². The molecule has 0 fully saturated rings. The predicted molar refractivity (Wildman–Crippen MR) is 98.2 cm³/mol. The van der Waals surface area contributed by atoms with Crippen LogP contribution in [0.3, 0.4) is 0 Å². The molecule has 25 heavy (non-hydrogen) atoms. The van der Waals surface area contributed by atoms with Gasteiger partial charge in [0.05, 0.1) is 12.1 Å². The molecule has 3 aromatic rings. The van der Waals surface area contributed by atoms with Gasteiger partial charge in [-0.3, -0.25) is 0 Å². The van der Waals surface area contributed by atoms with Gasteiger partial charge in [0, 0.05) is 23.7 Å². The fraction of sp³-hybridized carbons (Fsp3) is 0.176. The van der Waals surface area contributed by atoms with E-state index >= 15 is 0 Å². The molecule has 0 aliphatic carbocycles. The van der Waals surface area contributed by atoms with Gasteiger partial charge in [-0.15, -0.1) is 12.4 Å². The normalized spacial score (nSPS) is 11.9. The van der Waals surface area contributed by atoms with Crippen molar-refractivity contribution in [2.75, 3.05) is 30.6 Å². The fourth-order valence-corrected chi connectivity index (χ4v) is 2.54. The Morgan fingerprint density at radius 2 is 1.88 bits per heavy atom. The first-order valence-corrected chi connectivity index (χ1v) is 7.62. The van der Waals surface area contributed by atoms with Crippen LogP contribution in [0.25, 0.3) is 10.9 Å². The first-order valence-electron chi connectivity index (χ1n) is 7.62. The molecule has 0 amide bonds. The van der Waals surface area contributed by atoms with Crippen molar-refractivity contribution >= 4 is 40.8 Å². The number of aromatic nitrogens is 2. The predicted octanol–water partition coefficient (Wildman–Crippen LogP) is 2.93. The summed E-state index contributed by atoms with van der Waals surface area (Å²) in [5.74, 6) is 2.57. The standard InChI is InChI=1S/C17H16N4O3.ClH/c22-8-7-18-16-12-3-1-2-4-13(12)20-17(21-16)19-11-5-6-14-15(9-11)24-10-23-14;/h1-6,9,22H,7-8,10H2,(H2,18,19,20,21);1H. The van der Waals surface area contributed by atoms with Crippen LogP contribution in [0, 0.1) is 0 Å². The minimum atomic E-state index is 0. The van der Waals surface area contributed by atoms with E-state index < -0.39 is 0 Å². The zero-order valence-corrected chi connectivity index (χ0v) is 14.0. The molecule has 1 aliphatic rings. The second kappa shape index (κ2) is 7.42. The highest BCUT2D eigenvalue weighted by molar-refractivity contribution is 5.90. The van der Waals surface area contributed by atoms with Crippen LogP contribution >= 0.6 is 12.4 Å².